The summed E-state index contributed by atoms with van der Waals surface area (Å²) in [7, 11) is -3.45. The smallest absolute Gasteiger partial charge is 0.267 e. The third-order valence-corrected chi connectivity index (χ3v) is 5.19. The second-order valence-electron chi connectivity index (χ2n) is 5.21. The van der Waals surface area contributed by atoms with E-state index in [1.807, 2.05) is 43.5 Å². The molecule has 0 aliphatic carbocycles. The fourth-order valence-corrected chi connectivity index (χ4v) is 3.54. The number of hydrogen-bond donors (Lipinski definition) is 2. The van der Waals surface area contributed by atoms with Crippen molar-refractivity contribution < 1.29 is 13.2 Å². The first-order valence-corrected chi connectivity index (χ1v) is 10.0. The van der Waals surface area contributed by atoms with E-state index < -0.39 is 10.0 Å². The maximum Gasteiger partial charge on any atom is 0.267 e. The molecule has 0 aliphatic heterocycles. The standard InChI is InChI=1S/C16H20BrN3O3S/c1-2-20-12-14(17)10-15(20)16(21)18-8-9-24(22,23)19-11-13-6-4-3-5-7-13/h3-7,10,12,19H,2,8-9,11H2,1H3,(H,18,21). The molecule has 0 aliphatic rings. The van der Waals surface area contributed by atoms with Gasteiger partial charge in [0, 0.05) is 30.3 Å². The number of aromatic nitrogens is 1. The van der Waals surface area contributed by atoms with Crippen LogP contribution in [0.5, 0.6) is 0 Å². The Kier molecular flexibility index (Phi) is 6.59. The summed E-state index contributed by atoms with van der Waals surface area (Å²) in [5.74, 6) is -0.458. The molecule has 0 fully saturated rings. The van der Waals surface area contributed by atoms with Crippen molar-refractivity contribution in [2.75, 3.05) is 12.3 Å². The van der Waals surface area contributed by atoms with Crippen LogP contribution in [0.15, 0.2) is 47.1 Å². The molecule has 1 aromatic carbocycles. The molecule has 0 bridgehead atoms. The van der Waals surface area contributed by atoms with Crippen molar-refractivity contribution in [1.82, 2.24) is 14.6 Å². The van der Waals surface area contributed by atoms with Gasteiger partial charge in [-0.25, -0.2) is 13.1 Å². The van der Waals surface area contributed by atoms with E-state index in [2.05, 4.69) is 26.0 Å². The Hall–Kier alpha value is -1.64. The first-order chi connectivity index (χ1) is 11.4. The topological polar surface area (TPSA) is 80.2 Å². The second-order valence-corrected chi connectivity index (χ2v) is 8.05. The van der Waals surface area contributed by atoms with Gasteiger partial charge in [-0.05, 0) is 34.5 Å². The van der Waals surface area contributed by atoms with Gasteiger partial charge in [-0.3, -0.25) is 4.79 Å². The quantitative estimate of drug-likeness (QED) is 0.695. The third-order valence-electron chi connectivity index (χ3n) is 3.43. The molecule has 6 nitrogen and oxygen atoms in total. The molecule has 8 heteroatoms. The van der Waals surface area contributed by atoms with Gasteiger partial charge in [-0.1, -0.05) is 30.3 Å². The van der Waals surface area contributed by atoms with Gasteiger partial charge in [0.15, 0.2) is 0 Å². The lowest BCUT2D eigenvalue weighted by molar-refractivity contribution is 0.0947. The Labute approximate surface area is 150 Å². The van der Waals surface area contributed by atoms with Gasteiger partial charge >= 0.3 is 0 Å². The average Bonchev–Trinajstić information content (AvgIpc) is 2.95. The molecule has 0 atom stereocenters. The molecule has 24 heavy (non-hydrogen) atoms. The lowest BCUT2D eigenvalue weighted by atomic mass is 10.2. The molecule has 2 N–H and O–H groups in total. The molecule has 1 aromatic heterocycles. The number of nitrogens with zero attached hydrogens (tertiary/aromatic N) is 1. The monoisotopic (exact) mass is 413 g/mol. The molecule has 130 valence electrons. The highest BCUT2D eigenvalue weighted by Crippen LogP contribution is 2.14. The molecule has 2 rings (SSSR count). The summed E-state index contributed by atoms with van der Waals surface area (Å²) in [4.78, 5) is 12.1. The summed E-state index contributed by atoms with van der Waals surface area (Å²) in [6, 6.07) is 11.0. The zero-order chi connectivity index (χ0) is 17.6. The van der Waals surface area contributed by atoms with Gasteiger partial charge in [-0.2, -0.15) is 0 Å². The predicted molar refractivity (Wildman–Crippen MR) is 97.2 cm³/mol. The van der Waals surface area contributed by atoms with Crippen LogP contribution in [-0.2, 0) is 23.1 Å². The number of rotatable bonds is 8. The van der Waals surface area contributed by atoms with Crippen molar-refractivity contribution in [3.63, 3.8) is 0 Å². The van der Waals surface area contributed by atoms with Gasteiger partial charge < -0.3 is 9.88 Å². The van der Waals surface area contributed by atoms with E-state index in [1.54, 1.807) is 10.6 Å². The number of aryl methyl sites for hydroxylation is 1. The van der Waals surface area contributed by atoms with Crippen LogP contribution in [-0.4, -0.2) is 31.2 Å². The molecule has 0 saturated heterocycles. The number of carbonyl (C=O) groups is 1. The first kappa shape index (κ1) is 18.7. The number of nitrogens with one attached hydrogen (secondary N) is 2. The minimum atomic E-state index is -3.45. The van der Waals surface area contributed by atoms with Gasteiger partial charge in [0.05, 0.1) is 5.75 Å². The number of carbonyl (C=O) groups excluding carboxylic acids is 1. The summed E-state index contributed by atoms with van der Waals surface area (Å²) in [5, 5.41) is 2.64. The molecule has 1 heterocycles. The normalized spacial score (nSPS) is 11.4. The number of hydrogen-bond acceptors (Lipinski definition) is 3. The average molecular weight is 414 g/mol. The Balaban J connectivity index is 1.83. The van der Waals surface area contributed by atoms with E-state index in [-0.39, 0.29) is 24.7 Å². The minimum Gasteiger partial charge on any atom is -0.350 e. The van der Waals surface area contributed by atoms with Crippen molar-refractivity contribution >= 4 is 31.9 Å². The number of halogens is 1. The lowest BCUT2D eigenvalue weighted by Gasteiger charge is -2.09. The Morgan fingerprint density at radius 2 is 1.96 bits per heavy atom. The fraction of sp³-hybridized carbons (Fsp3) is 0.312. The van der Waals surface area contributed by atoms with Crippen molar-refractivity contribution in [1.29, 1.82) is 0 Å². The van der Waals surface area contributed by atoms with Gasteiger partial charge in [-0.15, -0.1) is 0 Å². The van der Waals surface area contributed by atoms with E-state index in [0.717, 1.165) is 10.0 Å². The van der Waals surface area contributed by atoms with Crippen LogP contribution in [0.3, 0.4) is 0 Å². The van der Waals surface area contributed by atoms with Crippen molar-refractivity contribution in [3.05, 3.63) is 58.3 Å². The highest BCUT2D eigenvalue weighted by molar-refractivity contribution is 9.10. The van der Waals surface area contributed by atoms with Crippen LogP contribution < -0.4 is 10.0 Å². The molecule has 0 unspecified atom stereocenters. The van der Waals surface area contributed by atoms with Crippen molar-refractivity contribution in [2.45, 2.75) is 20.0 Å². The van der Waals surface area contributed by atoms with Gasteiger partial charge in [0.1, 0.15) is 5.69 Å². The largest absolute Gasteiger partial charge is 0.350 e. The SMILES string of the molecule is CCn1cc(Br)cc1C(=O)NCCS(=O)(=O)NCc1ccccc1. The Morgan fingerprint density at radius 3 is 2.62 bits per heavy atom. The minimum absolute atomic E-state index is 0.0511. The van der Waals surface area contributed by atoms with Crippen LogP contribution in [0.4, 0.5) is 0 Å². The van der Waals surface area contributed by atoms with E-state index in [1.165, 1.54) is 0 Å². The highest BCUT2D eigenvalue weighted by Gasteiger charge is 2.14. The van der Waals surface area contributed by atoms with E-state index >= 15 is 0 Å². The van der Waals surface area contributed by atoms with Crippen LogP contribution in [0, 0.1) is 0 Å². The maximum atomic E-state index is 12.1. The van der Waals surface area contributed by atoms with Gasteiger partial charge in [0.2, 0.25) is 10.0 Å². The highest BCUT2D eigenvalue weighted by atomic mass is 79.9. The van der Waals surface area contributed by atoms with E-state index in [4.69, 9.17) is 0 Å². The zero-order valence-electron chi connectivity index (χ0n) is 13.3. The predicted octanol–water partition coefficient (Wildman–Crippen LogP) is 2.12. The van der Waals surface area contributed by atoms with Crippen molar-refractivity contribution in [3.8, 4) is 0 Å². The summed E-state index contributed by atoms with van der Waals surface area (Å²) in [6.45, 7) is 2.88. The number of benzene rings is 1. The lowest BCUT2D eigenvalue weighted by Crippen LogP contribution is -2.34. The molecule has 0 saturated carbocycles. The molecule has 2 aromatic rings. The van der Waals surface area contributed by atoms with Crippen LogP contribution >= 0.6 is 15.9 Å². The summed E-state index contributed by atoms with van der Waals surface area (Å²) in [5.41, 5.74) is 1.38. The van der Waals surface area contributed by atoms with Crippen LogP contribution in [0.2, 0.25) is 0 Å². The van der Waals surface area contributed by atoms with Gasteiger partial charge in [0.25, 0.3) is 5.91 Å². The summed E-state index contributed by atoms with van der Waals surface area (Å²) >= 11 is 3.33. The van der Waals surface area contributed by atoms with E-state index in [9.17, 15) is 13.2 Å². The van der Waals surface area contributed by atoms with E-state index in [0.29, 0.717) is 12.2 Å². The molecular weight excluding hydrogens is 394 g/mol. The fourth-order valence-electron chi connectivity index (χ4n) is 2.18. The Morgan fingerprint density at radius 1 is 1.25 bits per heavy atom. The van der Waals surface area contributed by atoms with Crippen molar-refractivity contribution in [2.24, 2.45) is 0 Å². The number of sulfonamides is 1. The third kappa shape index (κ3) is 5.47. The number of amides is 1. The maximum absolute atomic E-state index is 12.1. The summed E-state index contributed by atoms with van der Waals surface area (Å²) < 4.78 is 29.1. The molecular formula is C16H20BrN3O3S. The second kappa shape index (κ2) is 8.46. The van der Waals surface area contributed by atoms with Crippen LogP contribution in [0.1, 0.15) is 23.0 Å². The first-order valence-electron chi connectivity index (χ1n) is 7.56. The zero-order valence-corrected chi connectivity index (χ0v) is 15.7. The summed E-state index contributed by atoms with van der Waals surface area (Å²) in [6.07, 6.45) is 1.81. The molecule has 0 spiro atoms. The Bertz CT molecular complexity index is 788. The molecule has 0 radical (unpaired) electrons. The van der Waals surface area contributed by atoms with Crippen LogP contribution in [0.25, 0.3) is 0 Å². The molecule has 1 amide bonds.